The molecule has 0 aromatic heterocycles. The van der Waals surface area contributed by atoms with Crippen LogP contribution in [0.4, 0.5) is 0 Å². The molecular formula is C16H26ClNO2. The third kappa shape index (κ3) is 5.22. The summed E-state index contributed by atoms with van der Waals surface area (Å²) >= 11 is 6.32. The first kappa shape index (κ1) is 17.1. The molecule has 0 unspecified atom stereocenters. The highest BCUT2D eigenvalue weighted by Crippen LogP contribution is 2.36. The maximum atomic E-state index is 6.32. The van der Waals surface area contributed by atoms with Gasteiger partial charge in [-0.2, -0.15) is 0 Å². The molecule has 1 N–H and O–H groups in total. The van der Waals surface area contributed by atoms with Crippen molar-refractivity contribution >= 4 is 11.6 Å². The van der Waals surface area contributed by atoms with Crippen LogP contribution in [0.3, 0.4) is 0 Å². The molecule has 0 amide bonds. The highest BCUT2D eigenvalue weighted by atomic mass is 35.5. The summed E-state index contributed by atoms with van der Waals surface area (Å²) in [4.78, 5) is 0. The fourth-order valence-electron chi connectivity index (χ4n) is 1.77. The first-order valence-electron chi connectivity index (χ1n) is 7.43. The Morgan fingerprint density at radius 1 is 1.20 bits per heavy atom. The van der Waals surface area contributed by atoms with Crippen LogP contribution in [0.25, 0.3) is 0 Å². The van der Waals surface area contributed by atoms with Crippen molar-refractivity contribution in [3.63, 3.8) is 0 Å². The molecule has 1 atom stereocenters. The summed E-state index contributed by atoms with van der Waals surface area (Å²) in [5.41, 5.74) is 1.11. The summed E-state index contributed by atoms with van der Waals surface area (Å²) in [6, 6.07) is 4.44. The molecule has 1 aromatic carbocycles. The van der Waals surface area contributed by atoms with Gasteiger partial charge in [-0.25, -0.2) is 0 Å². The van der Waals surface area contributed by atoms with E-state index in [1.54, 1.807) is 0 Å². The van der Waals surface area contributed by atoms with Crippen LogP contribution in [-0.4, -0.2) is 19.3 Å². The average Bonchev–Trinajstić information content (AvgIpc) is 2.44. The minimum absolute atomic E-state index is 0.486. The first-order valence-corrected chi connectivity index (χ1v) is 7.81. The molecule has 0 spiro atoms. The van der Waals surface area contributed by atoms with E-state index in [0.29, 0.717) is 30.0 Å². The Labute approximate surface area is 127 Å². The van der Waals surface area contributed by atoms with E-state index < -0.39 is 0 Å². The number of hydrogen-bond acceptors (Lipinski definition) is 3. The Bertz CT molecular complexity index is 410. The van der Waals surface area contributed by atoms with E-state index in [-0.39, 0.29) is 0 Å². The molecule has 20 heavy (non-hydrogen) atoms. The topological polar surface area (TPSA) is 30.5 Å². The molecule has 4 heteroatoms. The number of hydrogen-bond donors (Lipinski definition) is 1. The Balaban J connectivity index is 2.87. The zero-order valence-electron chi connectivity index (χ0n) is 13.0. The lowest BCUT2D eigenvalue weighted by Gasteiger charge is -2.16. The molecule has 0 saturated carbocycles. The highest BCUT2D eigenvalue weighted by molar-refractivity contribution is 6.32. The minimum Gasteiger partial charge on any atom is -0.490 e. The van der Waals surface area contributed by atoms with Gasteiger partial charge in [-0.05, 0) is 44.4 Å². The van der Waals surface area contributed by atoms with Crippen molar-refractivity contribution in [2.45, 2.75) is 53.1 Å². The van der Waals surface area contributed by atoms with Gasteiger partial charge in [0.05, 0.1) is 18.2 Å². The van der Waals surface area contributed by atoms with Gasteiger partial charge in [0.25, 0.3) is 0 Å². The molecule has 0 aliphatic carbocycles. The van der Waals surface area contributed by atoms with Crippen molar-refractivity contribution in [2.75, 3.05) is 13.2 Å². The van der Waals surface area contributed by atoms with Crippen LogP contribution in [0.15, 0.2) is 12.1 Å². The van der Waals surface area contributed by atoms with Gasteiger partial charge in [-0.1, -0.05) is 25.4 Å². The largest absolute Gasteiger partial charge is 0.490 e. The standard InChI is InChI=1S/C16H26ClNO2/c1-5-8-20-16-14(17)9-13(10-15(16)19-7-3)11-18-12(4)6-2/h9-10,12,18H,5-8,11H2,1-4H3/t12-/m1/s1. The van der Waals surface area contributed by atoms with Gasteiger partial charge in [0, 0.05) is 12.6 Å². The van der Waals surface area contributed by atoms with E-state index in [2.05, 4.69) is 26.1 Å². The summed E-state index contributed by atoms with van der Waals surface area (Å²) < 4.78 is 11.3. The molecule has 0 aliphatic heterocycles. The van der Waals surface area contributed by atoms with Gasteiger partial charge in [-0.15, -0.1) is 0 Å². The van der Waals surface area contributed by atoms with Crippen molar-refractivity contribution in [3.8, 4) is 11.5 Å². The lowest BCUT2D eigenvalue weighted by atomic mass is 10.1. The molecule has 3 nitrogen and oxygen atoms in total. The molecule has 0 bridgehead atoms. The van der Waals surface area contributed by atoms with Gasteiger partial charge < -0.3 is 14.8 Å². The fraction of sp³-hybridized carbons (Fsp3) is 0.625. The Morgan fingerprint density at radius 3 is 2.55 bits per heavy atom. The SMILES string of the molecule is CCCOc1c(Cl)cc(CN[C@H](C)CC)cc1OCC. The third-order valence-corrected chi connectivity index (χ3v) is 3.37. The lowest BCUT2D eigenvalue weighted by molar-refractivity contribution is 0.276. The predicted octanol–water partition coefficient (Wildman–Crippen LogP) is 4.42. The maximum absolute atomic E-state index is 6.32. The van der Waals surface area contributed by atoms with Crippen LogP contribution in [0.5, 0.6) is 11.5 Å². The van der Waals surface area contributed by atoms with Gasteiger partial charge in [0.15, 0.2) is 11.5 Å². The van der Waals surface area contributed by atoms with E-state index in [0.717, 1.165) is 30.7 Å². The molecule has 0 heterocycles. The maximum Gasteiger partial charge on any atom is 0.179 e. The third-order valence-electron chi connectivity index (χ3n) is 3.09. The summed E-state index contributed by atoms with van der Waals surface area (Å²) in [5, 5.41) is 4.07. The summed E-state index contributed by atoms with van der Waals surface area (Å²) in [6.45, 7) is 10.4. The second kappa shape index (κ2) is 9.09. The number of nitrogens with one attached hydrogen (secondary N) is 1. The molecule has 1 aromatic rings. The Hall–Kier alpha value is -0.930. The average molecular weight is 300 g/mol. The summed E-state index contributed by atoms with van der Waals surface area (Å²) in [7, 11) is 0. The van der Waals surface area contributed by atoms with E-state index >= 15 is 0 Å². The molecule has 1 rings (SSSR count). The molecule has 114 valence electrons. The number of halogens is 1. The lowest BCUT2D eigenvalue weighted by Crippen LogP contribution is -2.24. The van der Waals surface area contributed by atoms with Gasteiger partial charge in [0.2, 0.25) is 0 Å². The van der Waals surface area contributed by atoms with Crippen molar-refractivity contribution in [2.24, 2.45) is 0 Å². The van der Waals surface area contributed by atoms with E-state index in [1.807, 2.05) is 19.1 Å². The van der Waals surface area contributed by atoms with Crippen LogP contribution < -0.4 is 14.8 Å². The van der Waals surface area contributed by atoms with Gasteiger partial charge in [-0.3, -0.25) is 0 Å². The normalized spacial score (nSPS) is 12.2. The molecule has 0 aliphatic rings. The monoisotopic (exact) mass is 299 g/mol. The van der Waals surface area contributed by atoms with Crippen LogP contribution >= 0.6 is 11.6 Å². The van der Waals surface area contributed by atoms with Crippen LogP contribution in [-0.2, 0) is 6.54 Å². The first-order chi connectivity index (χ1) is 9.62. The second-order valence-corrected chi connectivity index (χ2v) is 5.28. The van der Waals surface area contributed by atoms with E-state index in [1.165, 1.54) is 0 Å². The van der Waals surface area contributed by atoms with Gasteiger partial charge >= 0.3 is 0 Å². The molecule has 0 fully saturated rings. The van der Waals surface area contributed by atoms with E-state index in [9.17, 15) is 0 Å². The van der Waals surface area contributed by atoms with Crippen LogP contribution in [0.2, 0.25) is 5.02 Å². The van der Waals surface area contributed by atoms with Crippen molar-refractivity contribution < 1.29 is 9.47 Å². The predicted molar refractivity (Wildman–Crippen MR) is 85.0 cm³/mol. The van der Waals surface area contributed by atoms with Gasteiger partial charge in [0.1, 0.15) is 0 Å². The van der Waals surface area contributed by atoms with E-state index in [4.69, 9.17) is 21.1 Å². The van der Waals surface area contributed by atoms with Crippen LogP contribution in [0.1, 0.15) is 46.1 Å². The zero-order chi connectivity index (χ0) is 15.0. The minimum atomic E-state index is 0.486. The summed E-state index contributed by atoms with van der Waals surface area (Å²) in [6.07, 6.45) is 2.04. The molecular weight excluding hydrogens is 274 g/mol. The quantitative estimate of drug-likeness (QED) is 0.732. The smallest absolute Gasteiger partial charge is 0.179 e. The van der Waals surface area contributed by atoms with Crippen molar-refractivity contribution in [1.82, 2.24) is 5.32 Å². The van der Waals surface area contributed by atoms with Crippen molar-refractivity contribution in [1.29, 1.82) is 0 Å². The highest BCUT2D eigenvalue weighted by Gasteiger charge is 2.12. The van der Waals surface area contributed by atoms with Crippen LogP contribution in [0, 0.1) is 0 Å². The Kier molecular flexibility index (Phi) is 7.78. The second-order valence-electron chi connectivity index (χ2n) is 4.88. The number of rotatable bonds is 9. The number of benzene rings is 1. The zero-order valence-corrected chi connectivity index (χ0v) is 13.7. The van der Waals surface area contributed by atoms with Crippen molar-refractivity contribution in [3.05, 3.63) is 22.7 Å². The fourth-order valence-corrected chi connectivity index (χ4v) is 2.05. The number of ether oxygens (including phenoxy) is 2. The molecule has 0 saturated heterocycles. The Morgan fingerprint density at radius 2 is 1.95 bits per heavy atom. The summed E-state index contributed by atoms with van der Waals surface area (Å²) in [5.74, 6) is 1.39. The molecule has 0 radical (unpaired) electrons.